The van der Waals surface area contributed by atoms with Crippen LogP contribution in [0.1, 0.15) is 10.6 Å². The normalized spacial score (nSPS) is 11.3. The summed E-state index contributed by atoms with van der Waals surface area (Å²) in [7, 11) is 2.05. The van der Waals surface area contributed by atoms with Crippen molar-refractivity contribution in [2.75, 3.05) is 7.05 Å². The van der Waals surface area contributed by atoms with Gasteiger partial charge in [0.2, 0.25) is 0 Å². The Morgan fingerprint density at radius 1 is 1.11 bits per heavy atom. The SMILES string of the molecule is CN(Cc1nccs1)Cc1cn(-c2ccc(F)cc2)nc1-c1ccccc1Cl. The van der Waals surface area contributed by atoms with Crippen molar-refractivity contribution in [3.8, 4) is 16.9 Å². The molecule has 2 heterocycles. The molecule has 0 aliphatic carbocycles. The molecule has 4 nitrogen and oxygen atoms in total. The molecule has 2 aromatic carbocycles. The van der Waals surface area contributed by atoms with Crippen LogP contribution in [0, 0.1) is 5.82 Å². The minimum absolute atomic E-state index is 0.273. The Labute approximate surface area is 171 Å². The van der Waals surface area contributed by atoms with Crippen molar-refractivity contribution in [2.24, 2.45) is 0 Å². The number of hydrogen-bond acceptors (Lipinski definition) is 4. The van der Waals surface area contributed by atoms with Gasteiger partial charge in [-0.1, -0.05) is 29.8 Å². The summed E-state index contributed by atoms with van der Waals surface area (Å²) in [6, 6.07) is 13.9. The smallest absolute Gasteiger partial charge is 0.123 e. The number of hydrogen-bond donors (Lipinski definition) is 0. The molecule has 4 aromatic rings. The van der Waals surface area contributed by atoms with Gasteiger partial charge < -0.3 is 0 Å². The number of rotatable bonds is 6. The highest BCUT2D eigenvalue weighted by Gasteiger charge is 2.16. The zero-order valence-corrected chi connectivity index (χ0v) is 16.8. The van der Waals surface area contributed by atoms with Crippen molar-refractivity contribution in [2.45, 2.75) is 13.1 Å². The molecular weight excluding hydrogens is 395 g/mol. The molecule has 0 N–H and O–H groups in total. The quantitative estimate of drug-likeness (QED) is 0.424. The second-order valence-corrected chi connectivity index (χ2v) is 7.89. The Bertz CT molecular complexity index is 1060. The second kappa shape index (κ2) is 8.22. The van der Waals surface area contributed by atoms with Crippen molar-refractivity contribution in [3.63, 3.8) is 0 Å². The van der Waals surface area contributed by atoms with Crippen molar-refractivity contribution >= 4 is 22.9 Å². The fourth-order valence-corrected chi connectivity index (χ4v) is 3.96. The molecular formula is C21H18ClFN4S. The first-order chi connectivity index (χ1) is 13.6. The first-order valence-electron chi connectivity index (χ1n) is 8.76. The predicted molar refractivity (Wildman–Crippen MR) is 111 cm³/mol. The number of halogens is 2. The molecule has 0 aliphatic heterocycles. The molecule has 0 unspecified atom stereocenters. The summed E-state index contributed by atoms with van der Waals surface area (Å²) >= 11 is 8.08. The van der Waals surface area contributed by atoms with Crippen LogP contribution < -0.4 is 0 Å². The minimum Gasteiger partial charge on any atom is -0.295 e. The number of aromatic nitrogens is 3. The summed E-state index contributed by atoms with van der Waals surface area (Å²) in [6.07, 6.45) is 3.79. The van der Waals surface area contributed by atoms with E-state index in [1.54, 1.807) is 28.2 Å². The molecule has 7 heteroatoms. The maximum Gasteiger partial charge on any atom is 0.123 e. The standard InChI is InChI=1S/C21H18ClFN4S/c1-26(14-20-24-10-11-28-20)12-15-13-27(17-8-6-16(23)7-9-17)25-21(15)18-4-2-3-5-19(18)22/h2-11,13H,12,14H2,1H3. The molecule has 0 fully saturated rings. The van der Waals surface area contributed by atoms with E-state index in [-0.39, 0.29) is 5.82 Å². The average molecular weight is 413 g/mol. The summed E-state index contributed by atoms with van der Waals surface area (Å²) in [5.74, 6) is -0.273. The topological polar surface area (TPSA) is 34.0 Å². The summed E-state index contributed by atoms with van der Waals surface area (Å²) in [5.41, 5.74) is 3.53. The van der Waals surface area contributed by atoms with Crippen molar-refractivity contribution in [1.82, 2.24) is 19.7 Å². The summed E-state index contributed by atoms with van der Waals surface area (Å²) in [4.78, 5) is 6.54. The van der Waals surface area contributed by atoms with E-state index in [9.17, 15) is 4.39 Å². The van der Waals surface area contributed by atoms with Crippen LogP contribution in [-0.2, 0) is 13.1 Å². The maximum atomic E-state index is 13.3. The fraction of sp³-hybridized carbons (Fsp3) is 0.143. The lowest BCUT2D eigenvalue weighted by atomic mass is 10.1. The van der Waals surface area contributed by atoms with Gasteiger partial charge in [-0.25, -0.2) is 14.1 Å². The molecule has 0 saturated heterocycles. The van der Waals surface area contributed by atoms with Gasteiger partial charge >= 0.3 is 0 Å². The predicted octanol–water partition coefficient (Wildman–Crippen LogP) is 5.42. The number of thiazole rings is 1. The van der Waals surface area contributed by atoms with Crippen molar-refractivity contribution in [1.29, 1.82) is 0 Å². The van der Waals surface area contributed by atoms with E-state index in [1.165, 1.54) is 12.1 Å². The molecule has 28 heavy (non-hydrogen) atoms. The highest BCUT2D eigenvalue weighted by molar-refractivity contribution is 7.09. The van der Waals surface area contributed by atoms with Gasteiger partial charge in [0.05, 0.1) is 22.9 Å². The Hall–Kier alpha value is -2.54. The van der Waals surface area contributed by atoms with Gasteiger partial charge in [0, 0.05) is 35.4 Å². The fourth-order valence-electron chi connectivity index (χ4n) is 3.04. The Morgan fingerprint density at radius 2 is 1.89 bits per heavy atom. The highest BCUT2D eigenvalue weighted by atomic mass is 35.5. The highest BCUT2D eigenvalue weighted by Crippen LogP contribution is 2.30. The Morgan fingerprint density at radius 3 is 2.61 bits per heavy atom. The number of nitrogens with zero attached hydrogens (tertiary/aromatic N) is 4. The lowest BCUT2D eigenvalue weighted by Gasteiger charge is -2.15. The zero-order chi connectivity index (χ0) is 19.5. The third-order valence-corrected chi connectivity index (χ3v) is 5.43. The number of benzene rings is 2. The molecule has 142 valence electrons. The van der Waals surface area contributed by atoms with Crippen molar-refractivity contribution in [3.05, 3.63) is 87.7 Å². The summed E-state index contributed by atoms with van der Waals surface area (Å²) in [6.45, 7) is 1.43. The van der Waals surface area contributed by atoms with E-state index in [1.807, 2.05) is 49.1 Å². The van der Waals surface area contributed by atoms with Gasteiger partial charge in [0.25, 0.3) is 0 Å². The minimum atomic E-state index is -0.273. The van der Waals surface area contributed by atoms with Crippen LogP contribution in [0.2, 0.25) is 5.02 Å². The van der Waals surface area contributed by atoms with Crippen LogP contribution in [0.5, 0.6) is 0 Å². The van der Waals surface area contributed by atoms with Gasteiger partial charge in [0.15, 0.2) is 0 Å². The zero-order valence-electron chi connectivity index (χ0n) is 15.2. The molecule has 0 amide bonds. The van der Waals surface area contributed by atoms with E-state index >= 15 is 0 Å². The molecule has 0 spiro atoms. The van der Waals surface area contributed by atoms with E-state index in [2.05, 4.69) is 9.88 Å². The first-order valence-corrected chi connectivity index (χ1v) is 10.0. The van der Waals surface area contributed by atoms with Crippen LogP contribution in [0.3, 0.4) is 0 Å². The molecule has 0 radical (unpaired) electrons. The second-order valence-electron chi connectivity index (χ2n) is 6.50. The lowest BCUT2D eigenvalue weighted by molar-refractivity contribution is 0.319. The van der Waals surface area contributed by atoms with Crippen LogP contribution in [-0.4, -0.2) is 26.7 Å². The lowest BCUT2D eigenvalue weighted by Crippen LogP contribution is -2.17. The molecule has 0 bridgehead atoms. The summed E-state index contributed by atoms with van der Waals surface area (Å²) in [5, 5.41) is 8.45. The van der Waals surface area contributed by atoms with Crippen LogP contribution in [0.15, 0.2) is 66.3 Å². The Kier molecular flexibility index (Phi) is 5.52. The third-order valence-electron chi connectivity index (χ3n) is 4.34. The third kappa shape index (κ3) is 4.14. The van der Waals surface area contributed by atoms with E-state index in [4.69, 9.17) is 16.7 Å². The average Bonchev–Trinajstić information content (AvgIpc) is 3.33. The van der Waals surface area contributed by atoms with Crippen LogP contribution in [0.4, 0.5) is 4.39 Å². The molecule has 4 rings (SSSR count). The van der Waals surface area contributed by atoms with Gasteiger partial charge in [-0.05, 0) is 37.4 Å². The Balaban J connectivity index is 1.70. The van der Waals surface area contributed by atoms with E-state index < -0.39 is 0 Å². The molecule has 2 aromatic heterocycles. The van der Waals surface area contributed by atoms with Crippen molar-refractivity contribution < 1.29 is 4.39 Å². The summed E-state index contributed by atoms with van der Waals surface area (Å²) < 4.78 is 15.1. The van der Waals surface area contributed by atoms with Gasteiger partial charge in [0.1, 0.15) is 10.8 Å². The molecule has 0 aliphatic rings. The van der Waals surface area contributed by atoms with Gasteiger partial charge in [-0.15, -0.1) is 11.3 Å². The van der Waals surface area contributed by atoms with Gasteiger partial charge in [-0.2, -0.15) is 5.10 Å². The molecule has 0 atom stereocenters. The van der Waals surface area contributed by atoms with Crippen LogP contribution in [0.25, 0.3) is 16.9 Å². The molecule has 0 saturated carbocycles. The van der Waals surface area contributed by atoms with E-state index in [0.717, 1.165) is 34.1 Å². The monoisotopic (exact) mass is 412 g/mol. The largest absolute Gasteiger partial charge is 0.295 e. The first kappa shape index (κ1) is 18.8. The maximum absolute atomic E-state index is 13.3. The van der Waals surface area contributed by atoms with Gasteiger partial charge in [-0.3, -0.25) is 4.90 Å². The van der Waals surface area contributed by atoms with Crippen LogP contribution >= 0.6 is 22.9 Å². The van der Waals surface area contributed by atoms with E-state index in [0.29, 0.717) is 11.6 Å².